The fourth-order valence-corrected chi connectivity index (χ4v) is 6.40. The first-order valence-corrected chi connectivity index (χ1v) is 10.6. The van der Waals surface area contributed by atoms with E-state index in [1.165, 1.54) is 41.4 Å². The molecule has 1 saturated heterocycles. The van der Waals surface area contributed by atoms with Gasteiger partial charge in [0.2, 0.25) is 10.0 Å². The van der Waals surface area contributed by atoms with Crippen molar-refractivity contribution in [1.82, 2.24) is 4.31 Å². The average Bonchev–Trinajstić information content (AvgIpc) is 3.11. The Morgan fingerprint density at radius 2 is 2.04 bits per heavy atom. The minimum absolute atomic E-state index is 0.00773. The van der Waals surface area contributed by atoms with Crippen molar-refractivity contribution in [3.05, 3.63) is 58.6 Å². The predicted molar refractivity (Wildman–Crippen MR) is 102 cm³/mol. The molecule has 0 saturated carbocycles. The first-order valence-electron chi connectivity index (χ1n) is 7.72. The Morgan fingerprint density at radius 3 is 2.69 bits per heavy atom. The number of nitrogens with two attached hydrogens (primary N) is 1. The summed E-state index contributed by atoms with van der Waals surface area (Å²) in [6, 6.07) is 11.3. The fraction of sp³-hybridized carbons (Fsp3) is 0.235. The van der Waals surface area contributed by atoms with Crippen molar-refractivity contribution in [2.45, 2.75) is 10.3 Å². The summed E-state index contributed by atoms with van der Waals surface area (Å²) in [5.74, 6) is 0.126. The van der Waals surface area contributed by atoms with E-state index in [1.807, 2.05) is 12.1 Å². The highest BCUT2D eigenvalue weighted by Crippen LogP contribution is 2.43. The monoisotopic (exact) mass is 412 g/mol. The number of ether oxygens (including phenoxy) is 1. The third kappa shape index (κ3) is 3.42. The summed E-state index contributed by atoms with van der Waals surface area (Å²) in [5.41, 5.74) is 6.11. The van der Waals surface area contributed by atoms with E-state index in [2.05, 4.69) is 0 Å². The molecule has 26 heavy (non-hydrogen) atoms. The molecule has 1 amide bonds. The number of hydrogen-bond acceptors (Lipinski definition) is 5. The van der Waals surface area contributed by atoms with E-state index in [0.29, 0.717) is 17.3 Å². The van der Waals surface area contributed by atoms with Crippen molar-refractivity contribution in [2.75, 3.05) is 19.4 Å². The molecule has 0 aliphatic carbocycles. The quantitative estimate of drug-likeness (QED) is 0.815. The van der Waals surface area contributed by atoms with Gasteiger partial charge < -0.3 is 10.5 Å². The molecule has 1 fully saturated rings. The molecule has 2 aromatic rings. The molecule has 2 N–H and O–H groups in total. The van der Waals surface area contributed by atoms with Crippen LogP contribution in [0.15, 0.2) is 47.4 Å². The molecular weight excluding hydrogens is 396 g/mol. The molecule has 1 aliphatic heterocycles. The summed E-state index contributed by atoms with van der Waals surface area (Å²) in [4.78, 5) is 11.6. The van der Waals surface area contributed by atoms with E-state index >= 15 is 0 Å². The van der Waals surface area contributed by atoms with Gasteiger partial charge in [-0.2, -0.15) is 4.31 Å². The Hall–Kier alpha value is -1.74. The minimum atomic E-state index is -3.84. The van der Waals surface area contributed by atoms with Gasteiger partial charge in [-0.1, -0.05) is 29.8 Å². The number of thioether (sulfide) groups is 1. The van der Waals surface area contributed by atoms with Crippen LogP contribution in [0.3, 0.4) is 0 Å². The highest BCUT2D eigenvalue weighted by atomic mass is 35.5. The van der Waals surface area contributed by atoms with E-state index in [-0.39, 0.29) is 16.2 Å². The molecule has 0 bridgehead atoms. The van der Waals surface area contributed by atoms with E-state index in [4.69, 9.17) is 22.1 Å². The van der Waals surface area contributed by atoms with Crippen molar-refractivity contribution in [1.29, 1.82) is 0 Å². The lowest BCUT2D eigenvalue weighted by atomic mass is 10.2. The summed E-state index contributed by atoms with van der Waals surface area (Å²) >= 11 is 7.76. The number of primary amides is 1. The number of halogens is 1. The molecule has 0 radical (unpaired) electrons. The second-order valence-corrected chi connectivity index (χ2v) is 9.07. The highest BCUT2D eigenvalue weighted by molar-refractivity contribution is 8.01. The smallest absolute Gasteiger partial charge is 0.252 e. The van der Waals surface area contributed by atoms with Crippen LogP contribution in [0, 0.1) is 0 Å². The molecule has 0 spiro atoms. The van der Waals surface area contributed by atoms with Crippen molar-refractivity contribution >= 4 is 39.3 Å². The molecule has 6 nitrogen and oxygen atoms in total. The number of carbonyl (C=O) groups excluding carboxylic acids is 1. The zero-order chi connectivity index (χ0) is 18.9. The second kappa shape index (κ2) is 7.48. The zero-order valence-electron chi connectivity index (χ0n) is 13.9. The summed E-state index contributed by atoms with van der Waals surface area (Å²) in [5, 5.41) is 0.0903. The predicted octanol–water partition coefficient (Wildman–Crippen LogP) is 2.88. The van der Waals surface area contributed by atoms with Gasteiger partial charge in [-0.3, -0.25) is 4.79 Å². The first kappa shape index (κ1) is 19.0. The van der Waals surface area contributed by atoms with Crippen LogP contribution in [0.25, 0.3) is 0 Å². The van der Waals surface area contributed by atoms with Gasteiger partial charge in [0.1, 0.15) is 5.75 Å². The van der Waals surface area contributed by atoms with Crippen molar-refractivity contribution in [2.24, 2.45) is 5.73 Å². The van der Waals surface area contributed by atoms with Crippen LogP contribution in [-0.4, -0.2) is 38.0 Å². The van der Waals surface area contributed by atoms with Gasteiger partial charge in [0.15, 0.2) is 0 Å². The lowest BCUT2D eigenvalue weighted by Gasteiger charge is -2.24. The second-order valence-electron chi connectivity index (χ2n) is 5.59. The number of sulfonamides is 1. The van der Waals surface area contributed by atoms with Gasteiger partial charge in [-0.05, 0) is 29.8 Å². The van der Waals surface area contributed by atoms with Crippen LogP contribution < -0.4 is 10.5 Å². The van der Waals surface area contributed by atoms with Crippen LogP contribution in [0.1, 0.15) is 21.3 Å². The molecule has 138 valence electrons. The normalized spacial score (nSPS) is 18.0. The molecule has 1 aliphatic rings. The summed E-state index contributed by atoms with van der Waals surface area (Å²) in [6.45, 7) is 0.348. The van der Waals surface area contributed by atoms with Crippen LogP contribution >= 0.6 is 23.4 Å². The summed E-state index contributed by atoms with van der Waals surface area (Å²) in [7, 11) is -2.45. The topological polar surface area (TPSA) is 89.7 Å². The number of methoxy groups -OCH3 is 1. The van der Waals surface area contributed by atoms with E-state index < -0.39 is 21.3 Å². The lowest BCUT2D eigenvalue weighted by molar-refractivity contribution is 0.0997. The number of nitrogens with zero attached hydrogens (tertiary/aromatic N) is 1. The number of benzene rings is 2. The molecule has 1 atom stereocenters. The average molecular weight is 413 g/mol. The van der Waals surface area contributed by atoms with E-state index in [9.17, 15) is 13.2 Å². The van der Waals surface area contributed by atoms with Crippen LogP contribution in [0.2, 0.25) is 5.02 Å². The Kier molecular flexibility index (Phi) is 5.47. The minimum Gasteiger partial charge on any atom is -0.496 e. The van der Waals surface area contributed by atoms with Gasteiger partial charge in [0.05, 0.1) is 22.9 Å². The molecule has 9 heteroatoms. The maximum atomic E-state index is 13.2. The third-order valence-corrected chi connectivity index (χ3v) is 7.64. The van der Waals surface area contributed by atoms with Crippen LogP contribution in [0.4, 0.5) is 0 Å². The number of hydrogen-bond donors (Lipinski definition) is 1. The van der Waals surface area contributed by atoms with Crippen molar-refractivity contribution in [3.8, 4) is 5.75 Å². The maximum absolute atomic E-state index is 13.2. The molecule has 0 aromatic heterocycles. The number of rotatable bonds is 5. The molecular formula is C17H17ClN2O4S2. The van der Waals surface area contributed by atoms with Crippen molar-refractivity contribution in [3.63, 3.8) is 0 Å². The Balaban J connectivity index is 2.04. The Morgan fingerprint density at radius 1 is 1.31 bits per heavy atom. The number of carbonyl (C=O) groups is 1. The van der Waals surface area contributed by atoms with Gasteiger partial charge >= 0.3 is 0 Å². The molecule has 3 rings (SSSR count). The van der Waals surface area contributed by atoms with Gasteiger partial charge in [-0.15, -0.1) is 11.8 Å². The summed E-state index contributed by atoms with van der Waals surface area (Å²) < 4.78 is 32.8. The van der Waals surface area contributed by atoms with Gasteiger partial charge in [0, 0.05) is 17.3 Å². The highest BCUT2D eigenvalue weighted by Gasteiger charge is 2.38. The largest absolute Gasteiger partial charge is 0.496 e. The van der Waals surface area contributed by atoms with Gasteiger partial charge in [0.25, 0.3) is 5.91 Å². The summed E-state index contributed by atoms with van der Waals surface area (Å²) in [6.07, 6.45) is 0. The Bertz CT molecular complexity index is 950. The third-order valence-electron chi connectivity index (χ3n) is 4.06. The van der Waals surface area contributed by atoms with Crippen molar-refractivity contribution < 1.29 is 17.9 Å². The van der Waals surface area contributed by atoms with Crippen LogP contribution in [0.5, 0.6) is 5.75 Å². The zero-order valence-corrected chi connectivity index (χ0v) is 16.3. The van der Waals surface area contributed by atoms with Gasteiger partial charge in [-0.25, -0.2) is 8.42 Å². The molecule has 2 aromatic carbocycles. The Labute approximate surface area is 161 Å². The lowest BCUT2D eigenvalue weighted by Crippen LogP contribution is -2.31. The molecule has 1 heterocycles. The van der Waals surface area contributed by atoms with E-state index in [0.717, 1.165) is 5.56 Å². The molecule has 1 unspecified atom stereocenters. The van der Waals surface area contributed by atoms with E-state index in [1.54, 1.807) is 12.1 Å². The standard InChI is InChI=1S/C17H17ClN2O4S2/c1-24-15-7-6-11(10-13(15)16(19)21)26(22,23)20-8-9-25-17(20)12-4-2-3-5-14(12)18/h2-7,10,17H,8-9H2,1H3,(H2,19,21). The van der Waals surface area contributed by atoms with Crippen LogP contribution in [-0.2, 0) is 10.0 Å². The SMILES string of the molecule is COc1ccc(S(=O)(=O)N2CCSC2c2ccccc2Cl)cc1C(N)=O. The number of amides is 1. The maximum Gasteiger partial charge on any atom is 0.252 e. The first-order chi connectivity index (χ1) is 12.4. The fourth-order valence-electron chi connectivity index (χ4n) is 2.80.